The van der Waals surface area contributed by atoms with Crippen molar-refractivity contribution in [2.75, 3.05) is 13.2 Å². The van der Waals surface area contributed by atoms with Crippen LogP contribution in [0.4, 0.5) is 17.6 Å². The van der Waals surface area contributed by atoms with Gasteiger partial charge >= 0.3 is 6.18 Å². The van der Waals surface area contributed by atoms with Gasteiger partial charge in [-0.05, 0) is 85.5 Å². The fraction of sp³-hybridized carbons (Fsp3) is 0.433. The molecule has 1 aliphatic carbocycles. The van der Waals surface area contributed by atoms with Crippen LogP contribution in [-0.4, -0.2) is 34.7 Å². The van der Waals surface area contributed by atoms with Crippen LogP contribution < -0.4 is 10.6 Å². The third-order valence-corrected chi connectivity index (χ3v) is 7.66. The molecule has 1 saturated carbocycles. The molecule has 2 fully saturated rings. The van der Waals surface area contributed by atoms with E-state index in [1.807, 2.05) is 0 Å². The highest BCUT2D eigenvalue weighted by atomic mass is 19.4. The molecule has 2 heterocycles. The number of benzene rings is 2. The van der Waals surface area contributed by atoms with Crippen molar-refractivity contribution in [3.8, 4) is 11.1 Å². The minimum Gasteiger partial charge on any atom is -0.381 e. The lowest BCUT2D eigenvalue weighted by Crippen LogP contribution is -2.31. The lowest BCUT2D eigenvalue weighted by molar-refractivity contribution is -0.141. The number of nitrogens with one attached hydrogen (secondary N) is 3. The molecular formula is C30H33F4N5O2. The second-order valence-corrected chi connectivity index (χ2v) is 10.8. The average Bonchev–Trinajstić information content (AvgIpc) is 3.43. The molecule has 218 valence electrons. The van der Waals surface area contributed by atoms with Gasteiger partial charge in [-0.15, -0.1) is 0 Å². The van der Waals surface area contributed by atoms with Gasteiger partial charge in [0.25, 0.3) is 5.91 Å². The van der Waals surface area contributed by atoms with Crippen molar-refractivity contribution in [1.29, 1.82) is 5.41 Å². The molecule has 2 aliphatic rings. The first-order valence-corrected chi connectivity index (χ1v) is 13.8. The molecule has 5 rings (SSSR count). The molecule has 11 heteroatoms. The Morgan fingerprint density at radius 3 is 2.61 bits per heavy atom. The third-order valence-electron chi connectivity index (χ3n) is 7.66. The predicted molar refractivity (Wildman–Crippen MR) is 146 cm³/mol. The van der Waals surface area contributed by atoms with E-state index < -0.39 is 17.8 Å². The van der Waals surface area contributed by atoms with Gasteiger partial charge in [0.1, 0.15) is 5.82 Å². The van der Waals surface area contributed by atoms with Crippen molar-refractivity contribution in [3.05, 3.63) is 76.4 Å². The summed E-state index contributed by atoms with van der Waals surface area (Å²) in [7, 11) is 0. The normalized spacial score (nSPS) is 17.9. The lowest BCUT2D eigenvalue weighted by Gasteiger charge is -2.20. The molecule has 2 atom stereocenters. The van der Waals surface area contributed by atoms with Crippen LogP contribution in [0, 0.1) is 30.0 Å². The van der Waals surface area contributed by atoms with Crippen LogP contribution in [0.15, 0.2) is 42.6 Å². The summed E-state index contributed by atoms with van der Waals surface area (Å²) in [4.78, 5) is 13.6. The number of alkyl halides is 3. The Morgan fingerprint density at radius 1 is 1.20 bits per heavy atom. The molecule has 1 aromatic heterocycles. The summed E-state index contributed by atoms with van der Waals surface area (Å²) in [6, 6.07) is 9.07. The van der Waals surface area contributed by atoms with Crippen molar-refractivity contribution >= 4 is 11.7 Å². The van der Waals surface area contributed by atoms with Gasteiger partial charge in [0, 0.05) is 42.9 Å². The Kier molecular flexibility index (Phi) is 8.17. The molecule has 2 unspecified atom stereocenters. The van der Waals surface area contributed by atoms with Gasteiger partial charge in [-0.3, -0.25) is 14.9 Å². The Morgan fingerprint density at radius 2 is 1.98 bits per heavy atom. The maximum atomic E-state index is 14.0. The average molecular weight is 572 g/mol. The van der Waals surface area contributed by atoms with Crippen LogP contribution in [0.3, 0.4) is 0 Å². The van der Waals surface area contributed by atoms with Crippen molar-refractivity contribution in [3.63, 3.8) is 0 Å². The van der Waals surface area contributed by atoms with Crippen LogP contribution in [-0.2, 0) is 24.0 Å². The number of carbonyl (C=O) groups is 1. The van der Waals surface area contributed by atoms with Crippen molar-refractivity contribution in [2.45, 2.75) is 58.4 Å². The molecule has 0 spiro atoms. The number of rotatable bonds is 9. The van der Waals surface area contributed by atoms with E-state index in [0.717, 1.165) is 24.8 Å². The Hall–Kier alpha value is -3.73. The summed E-state index contributed by atoms with van der Waals surface area (Å²) in [5.74, 6) is -0.361. The zero-order chi connectivity index (χ0) is 29.3. The topological polar surface area (TPSA) is 92.0 Å². The largest absolute Gasteiger partial charge is 0.435 e. The summed E-state index contributed by atoms with van der Waals surface area (Å²) >= 11 is 0. The van der Waals surface area contributed by atoms with Gasteiger partial charge in [0.15, 0.2) is 5.69 Å². The molecule has 41 heavy (non-hydrogen) atoms. The molecule has 3 N–H and O–H groups in total. The molecule has 1 amide bonds. The Labute approximate surface area is 235 Å². The number of hydrogen-bond donors (Lipinski definition) is 3. The van der Waals surface area contributed by atoms with E-state index in [-0.39, 0.29) is 59.3 Å². The standard InChI is InChI=1S/C30H33F4N5O2/c1-3-39-15-24(27(38-39)30(32,33)34)22-11-18(14-36-28(35)21-8-9-41-16-21)12-23(13-22)29(40)37-26(19-4-5-19)20-6-7-25(31)17(2)10-20/h6-7,10-13,15,19,21,26H,3-5,8-9,14,16H2,1-2H3,(H2,35,36)(H,37,40). The monoisotopic (exact) mass is 571 g/mol. The number of aryl methyl sites for hydroxylation is 2. The van der Waals surface area contributed by atoms with E-state index in [4.69, 9.17) is 10.1 Å². The number of nitrogens with zero attached hydrogens (tertiary/aromatic N) is 2. The number of ether oxygens (including phenoxy) is 1. The minimum absolute atomic E-state index is 0.0703. The number of amidine groups is 1. The van der Waals surface area contributed by atoms with Gasteiger partial charge < -0.3 is 15.4 Å². The molecule has 1 aliphatic heterocycles. The summed E-state index contributed by atoms with van der Waals surface area (Å²) in [6.45, 7) is 4.78. The highest BCUT2D eigenvalue weighted by Gasteiger charge is 2.38. The van der Waals surface area contributed by atoms with Gasteiger partial charge in [0.2, 0.25) is 0 Å². The van der Waals surface area contributed by atoms with Crippen LogP contribution in [0.1, 0.15) is 65.0 Å². The van der Waals surface area contributed by atoms with Crippen molar-refractivity contribution in [2.24, 2.45) is 11.8 Å². The predicted octanol–water partition coefficient (Wildman–Crippen LogP) is 6.02. The van der Waals surface area contributed by atoms with E-state index in [0.29, 0.717) is 24.3 Å². The summed E-state index contributed by atoms with van der Waals surface area (Å²) in [6.07, 6.45) is -0.808. The van der Waals surface area contributed by atoms with Crippen LogP contribution in [0.2, 0.25) is 0 Å². The second kappa shape index (κ2) is 11.6. The van der Waals surface area contributed by atoms with E-state index >= 15 is 0 Å². The van der Waals surface area contributed by atoms with Gasteiger partial charge in [-0.2, -0.15) is 18.3 Å². The van der Waals surface area contributed by atoms with E-state index in [2.05, 4.69) is 15.7 Å². The zero-order valence-electron chi connectivity index (χ0n) is 22.9. The molecular weight excluding hydrogens is 538 g/mol. The summed E-state index contributed by atoms with van der Waals surface area (Å²) in [5.41, 5.74) is 1.06. The SMILES string of the molecule is CCn1cc(-c2cc(CNC(=N)C3CCOC3)cc(C(=O)NC(c3ccc(F)c(C)c3)C3CC3)c2)c(C(F)(F)F)n1. The fourth-order valence-corrected chi connectivity index (χ4v) is 5.18. The summed E-state index contributed by atoms with van der Waals surface area (Å²) < 4.78 is 62.4. The number of amides is 1. The van der Waals surface area contributed by atoms with Crippen molar-refractivity contribution in [1.82, 2.24) is 20.4 Å². The van der Waals surface area contributed by atoms with Crippen LogP contribution in [0.5, 0.6) is 0 Å². The fourth-order valence-electron chi connectivity index (χ4n) is 5.18. The molecule has 0 radical (unpaired) electrons. The molecule has 7 nitrogen and oxygen atoms in total. The third kappa shape index (κ3) is 6.61. The van der Waals surface area contributed by atoms with Crippen molar-refractivity contribution < 1.29 is 27.1 Å². The van der Waals surface area contributed by atoms with Crippen LogP contribution >= 0.6 is 0 Å². The second-order valence-electron chi connectivity index (χ2n) is 10.8. The maximum absolute atomic E-state index is 14.0. The zero-order valence-corrected chi connectivity index (χ0v) is 22.9. The van der Waals surface area contributed by atoms with Gasteiger partial charge in [-0.25, -0.2) is 4.39 Å². The molecule has 0 bridgehead atoms. The van der Waals surface area contributed by atoms with E-state index in [1.54, 1.807) is 38.1 Å². The van der Waals surface area contributed by atoms with Gasteiger partial charge in [0.05, 0.1) is 18.5 Å². The minimum atomic E-state index is -4.69. The van der Waals surface area contributed by atoms with E-state index in [1.165, 1.54) is 23.0 Å². The number of aromatic nitrogens is 2. The Bertz CT molecular complexity index is 1440. The first kappa shape index (κ1) is 28.8. The number of carbonyl (C=O) groups excluding carboxylic acids is 1. The van der Waals surface area contributed by atoms with Gasteiger partial charge in [-0.1, -0.05) is 12.1 Å². The molecule has 2 aromatic carbocycles. The van der Waals surface area contributed by atoms with E-state index in [9.17, 15) is 22.4 Å². The van der Waals surface area contributed by atoms with Crippen LogP contribution in [0.25, 0.3) is 11.1 Å². The number of hydrogen-bond acceptors (Lipinski definition) is 4. The molecule has 3 aromatic rings. The molecule has 1 saturated heterocycles. The first-order chi connectivity index (χ1) is 19.5. The maximum Gasteiger partial charge on any atom is 0.435 e. The first-order valence-electron chi connectivity index (χ1n) is 13.8. The Balaban J connectivity index is 1.49. The highest BCUT2D eigenvalue weighted by molar-refractivity contribution is 5.96. The quantitative estimate of drug-likeness (QED) is 0.166. The summed E-state index contributed by atoms with van der Waals surface area (Å²) in [5, 5.41) is 18.2. The smallest absolute Gasteiger partial charge is 0.381 e. The lowest BCUT2D eigenvalue weighted by atomic mass is 9.97. The highest BCUT2D eigenvalue weighted by Crippen LogP contribution is 2.42. The number of halogens is 4.